The number of carbonyl (C=O) groups excluding carboxylic acids is 1. The number of nitrogens with one attached hydrogen (secondary N) is 1. The number of hydrogen-bond donors (Lipinski definition) is 3. The Morgan fingerprint density at radius 3 is 2.63 bits per heavy atom. The summed E-state index contributed by atoms with van der Waals surface area (Å²) in [5, 5.41) is 3.28. The van der Waals surface area contributed by atoms with Crippen LogP contribution in [0.2, 0.25) is 0 Å². The van der Waals surface area contributed by atoms with Crippen LogP contribution in [0.1, 0.15) is 31.1 Å². The maximum atomic E-state index is 11.4. The van der Waals surface area contributed by atoms with Crippen molar-refractivity contribution in [3.63, 3.8) is 0 Å². The molecule has 5 nitrogen and oxygen atoms in total. The molecule has 1 rings (SSSR count). The first-order valence-electron chi connectivity index (χ1n) is 6.49. The van der Waals surface area contributed by atoms with Crippen molar-refractivity contribution in [2.45, 2.75) is 26.8 Å². The molecule has 0 heterocycles. The van der Waals surface area contributed by atoms with E-state index in [-0.39, 0.29) is 6.04 Å². The molecule has 0 bridgehead atoms. The minimum absolute atomic E-state index is 0.0720. The van der Waals surface area contributed by atoms with E-state index in [4.69, 9.17) is 16.2 Å². The standard InChI is InChI=1S/C14H23N3O2/c1-4-19-8-12(9(2)3)17-13-10(14(16)18)6-5-7-11(13)15/h5-7,9,12,17H,4,8,15H2,1-3H3,(H2,16,18). The van der Waals surface area contributed by atoms with E-state index in [9.17, 15) is 4.79 Å². The molecule has 0 aliphatic carbocycles. The van der Waals surface area contributed by atoms with Crippen LogP contribution in [0.4, 0.5) is 11.4 Å². The van der Waals surface area contributed by atoms with Gasteiger partial charge in [-0.1, -0.05) is 19.9 Å². The van der Waals surface area contributed by atoms with Crippen LogP contribution >= 0.6 is 0 Å². The fourth-order valence-electron chi connectivity index (χ4n) is 1.77. The Bertz CT molecular complexity index is 433. The van der Waals surface area contributed by atoms with Gasteiger partial charge in [0, 0.05) is 6.61 Å². The molecule has 1 aromatic carbocycles. The summed E-state index contributed by atoms with van der Waals surface area (Å²) in [5.41, 5.74) is 12.8. The van der Waals surface area contributed by atoms with Gasteiger partial charge in [0.05, 0.1) is 29.6 Å². The lowest BCUT2D eigenvalue weighted by Gasteiger charge is -2.25. The van der Waals surface area contributed by atoms with Crippen molar-refractivity contribution in [2.24, 2.45) is 11.7 Å². The summed E-state index contributed by atoms with van der Waals surface area (Å²) in [5.74, 6) is -0.152. The molecule has 0 aliphatic heterocycles. The molecule has 0 saturated carbocycles. The minimum atomic E-state index is -0.492. The fraction of sp³-hybridized carbons (Fsp3) is 0.500. The first-order valence-corrected chi connectivity index (χ1v) is 6.49. The number of amides is 1. The van der Waals surface area contributed by atoms with E-state index in [1.165, 1.54) is 0 Å². The van der Waals surface area contributed by atoms with E-state index in [0.29, 0.717) is 36.1 Å². The molecule has 0 aromatic heterocycles. The number of nitrogens with two attached hydrogens (primary N) is 2. The second-order valence-electron chi connectivity index (χ2n) is 4.79. The van der Waals surface area contributed by atoms with Crippen LogP contribution in [0.25, 0.3) is 0 Å². The largest absolute Gasteiger partial charge is 0.397 e. The molecule has 0 aliphatic rings. The number of carbonyl (C=O) groups is 1. The Balaban J connectivity index is 2.98. The predicted octanol–water partition coefficient (Wildman–Crippen LogP) is 1.84. The fourth-order valence-corrected chi connectivity index (χ4v) is 1.77. The van der Waals surface area contributed by atoms with Crippen molar-refractivity contribution in [3.05, 3.63) is 23.8 Å². The number of primary amides is 1. The molecule has 1 amide bonds. The van der Waals surface area contributed by atoms with E-state index in [2.05, 4.69) is 19.2 Å². The highest BCUT2D eigenvalue weighted by molar-refractivity contribution is 6.01. The third-order valence-corrected chi connectivity index (χ3v) is 3.00. The molecule has 1 unspecified atom stereocenters. The lowest BCUT2D eigenvalue weighted by molar-refractivity contribution is 0.100. The van der Waals surface area contributed by atoms with Gasteiger partial charge in [0.1, 0.15) is 0 Å². The molecular formula is C14H23N3O2. The van der Waals surface area contributed by atoms with Crippen LogP contribution in [0.3, 0.4) is 0 Å². The molecule has 5 heteroatoms. The van der Waals surface area contributed by atoms with E-state index >= 15 is 0 Å². The monoisotopic (exact) mass is 265 g/mol. The first kappa shape index (κ1) is 15.3. The Morgan fingerprint density at radius 2 is 2.11 bits per heavy atom. The van der Waals surface area contributed by atoms with E-state index in [1.807, 2.05) is 6.92 Å². The highest BCUT2D eigenvalue weighted by Gasteiger charge is 2.18. The number of benzene rings is 1. The van der Waals surface area contributed by atoms with Gasteiger partial charge in [0.25, 0.3) is 5.91 Å². The van der Waals surface area contributed by atoms with Crippen molar-refractivity contribution >= 4 is 17.3 Å². The molecule has 1 aromatic rings. The van der Waals surface area contributed by atoms with Gasteiger partial charge in [-0.15, -0.1) is 0 Å². The van der Waals surface area contributed by atoms with Crippen molar-refractivity contribution in [1.82, 2.24) is 0 Å². The third kappa shape index (κ3) is 4.13. The Kier molecular flexibility index (Phi) is 5.63. The van der Waals surface area contributed by atoms with Crippen molar-refractivity contribution in [3.8, 4) is 0 Å². The van der Waals surface area contributed by atoms with E-state index in [0.717, 1.165) is 0 Å². The zero-order chi connectivity index (χ0) is 14.4. The Morgan fingerprint density at radius 1 is 1.42 bits per heavy atom. The highest BCUT2D eigenvalue weighted by atomic mass is 16.5. The van der Waals surface area contributed by atoms with Crippen LogP contribution in [0.5, 0.6) is 0 Å². The Hall–Kier alpha value is -1.75. The lowest BCUT2D eigenvalue weighted by atomic mass is 10.0. The molecule has 0 spiro atoms. The molecular weight excluding hydrogens is 242 g/mol. The van der Waals surface area contributed by atoms with E-state index < -0.39 is 5.91 Å². The summed E-state index contributed by atoms with van der Waals surface area (Å²) in [4.78, 5) is 11.4. The SMILES string of the molecule is CCOCC(Nc1c(N)cccc1C(N)=O)C(C)C. The smallest absolute Gasteiger partial charge is 0.250 e. The summed E-state index contributed by atoms with van der Waals surface area (Å²) in [6.45, 7) is 7.32. The van der Waals surface area contributed by atoms with Crippen molar-refractivity contribution < 1.29 is 9.53 Å². The molecule has 5 N–H and O–H groups in total. The van der Waals surface area contributed by atoms with Crippen LogP contribution in [-0.2, 0) is 4.74 Å². The molecule has 0 fully saturated rings. The van der Waals surface area contributed by atoms with Gasteiger partial charge in [-0.25, -0.2) is 0 Å². The van der Waals surface area contributed by atoms with Crippen LogP contribution in [0.15, 0.2) is 18.2 Å². The number of anilines is 2. The predicted molar refractivity (Wildman–Crippen MR) is 78.1 cm³/mol. The molecule has 0 saturated heterocycles. The average Bonchev–Trinajstić information content (AvgIpc) is 2.35. The van der Waals surface area contributed by atoms with Crippen LogP contribution < -0.4 is 16.8 Å². The van der Waals surface area contributed by atoms with E-state index in [1.54, 1.807) is 18.2 Å². The summed E-state index contributed by atoms with van der Waals surface area (Å²) in [7, 11) is 0. The maximum Gasteiger partial charge on any atom is 0.250 e. The lowest BCUT2D eigenvalue weighted by Crippen LogP contribution is -2.32. The van der Waals surface area contributed by atoms with Gasteiger partial charge in [-0.3, -0.25) is 4.79 Å². The summed E-state index contributed by atoms with van der Waals surface area (Å²) >= 11 is 0. The first-order chi connectivity index (χ1) is 8.97. The van der Waals surface area contributed by atoms with Gasteiger partial charge in [0.15, 0.2) is 0 Å². The summed E-state index contributed by atoms with van der Waals surface area (Å²) in [6.07, 6.45) is 0. The average molecular weight is 265 g/mol. The molecule has 0 radical (unpaired) electrons. The van der Waals surface area contributed by atoms with Gasteiger partial charge >= 0.3 is 0 Å². The summed E-state index contributed by atoms with van der Waals surface area (Å²) in [6, 6.07) is 5.20. The van der Waals surface area contributed by atoms with Gasteiger partial charge in [-0.2, -0.15) is 0 Å². The molecule has 106 valence electrons. The minimum Gasteiger partial charge on any atom is -0.397 e. The van der Waals surface area contributed by atoms with Gasteiger partial charge in [0.2, 0.25) is 0 Å². The second kappa shape index (κ2) is 6.99. The van der Waals surface area contributed by atoms with Crippen molar-refractivity contribution in [1.29, 1.82) is 0 Å². The summed E-state index contributed by atoms with van der Waals surface area (Å²) < 4.78 is 5.45. The normalized spacial score (nSPS) is 12.4. The maximum absolute atomic E-state index is 11.4. The van der Waals surface area contributed by atoms with Gasteiger partial charge in [-0.05, 0) is 25.0 Å². The van der Waals surface area contributed by atoms with Gasteiger partial charge < -0.3 is 21.5 Å². The number of nitrogen functional groups attached to an aromatic ring is 1. The van der Waals surface area contributed by atoms with Crippen LogP contribution in [-0.4, -0.2) is 25.2 Å². The quantitative estimate of drug-likeness (QED) is 0.656. The zero-order valence-electron chi connectivity index (χ0n) is 11.8. The Labute approximate surface area is 114 Å². The number of hydrogen-bond acceptors (Lipinski definition) is 4. The second-order valence-corrected chi connectivity index (χ2v) is 4.79. The topological polar surface area (TPSA) is 90.4 Å². The van der Waals surface area contributed by atoms with Crippen LogP contribution in [0, 0.1) is 5.92 Å². The molecule has 19 heavy (non-hydrogen) atoms. The van der Waals surface area contributed by atoms with Crippen molar-refractivity contribution in [2.75, 3.05) is 24.3 Å². The number of ether oxygens (including phenoxy) is 1. The third-order valence-electron chi connectivity index (χ3n) is 3.00. The zero-order valence-corrected chi connectivity index (χ0v) is 11.8. The number of para-hydroxylation sites is 1. The molecule has 1 atom stereocenters. The number of rotatable bonds is 7. The highest BCUT2D eigenvalue weighted by Crippen LogP contribution is 2.25.